The van der Waals surface area contributed by atoms with E-state index < -0.39 is 0 Å². The van der Waals surface area contributed by atoms with E-state index >= 15 is 0 Å². The lowest BCUT2D eigenvalue weighted by molar-refractivity contribution is -0.145. The summed E-state index contributed by atoms with van der Waals surface area (Å²) in [6.45, 7) is 0.858. The van der Waals surface area contributed by atoms with Gasteiger partial charge in [0.05, 0.1) is 18.1 Å². The van der Waals surface area contributed by atoms with Crippen LogP contribution in [0.25, 0.3) is 0 Å². The minimum Gasteiger partial charge on any atom is -0.374 e. The number of carbonyl (C=O) groups excluding carboxylic acids is 1. The maximum atomic E-state index is 11.4. The number of hydrogen-bond acceptors (Lipinski definition) is 2. The third-order valence-corrected chi connectivity index (χ3v) is 3.60. The molecule has 1 spiro atoms. The summed E-state index contributed by atoms with van der Waals surface area (Å²) in [4.78, 5) is 11.4. The second-order valence-corrected chi connectivity index (χ2v) is 4.14. The van der Waals surface area contributed by atoms with Crippen molar-refractivity contribution in [1.82, 2.24) is 0 Å². The Morgan fingerprint density at radius 1 is 1.55 bits per heavy atom. The number of ether oxygens (including phenoxy) is 1. The van der Waals surface area contributed by atoms with Crippen LogP contribution >= 0.6 is 0 Å². The van der Waals surface area contributed by atoms with Gasteiger partial charge in [-0.3, -0.25) is 4.79 Å². The first-order valence-corrected chi connectivity index (χ1v) is 4.48. The molecule has 0 N–H and O–H groups in total. The number of hydrogen-bond donors (Lipinski definition) is 0. The van der Waals surface area contributed by atoms with E-state index in [0.717, 1.165) is 25.9 Å². The van der Waals surface area contributed by atoms with Crippen LogP contribution in [0.15, 0.2) is 0 Å². The van der Waals surface area contributed by atoms with Gasteiger partial charge in [-0.05, 0) is 25.2 Å². The normalized spacial score (nSPS) is 53.6. The summed E-state index contributed by atoms with van der Waals surface area (Å²) in [5.74, 6) is 1.39. The van der Waals surface area contributed by atoms with E-state index in [1.807, 2.05) is 0 Å². The first kappa shape index (κ1) is 6.18. The average Bonchev–Trinajstić information content (AvgIpc) is 2.43. The molecule has 2 aliphatic heterocycles. The van der Waals surface area contributed by atoms with Gasteiger partial charge in [0, 0.05) is 6.42 Å². The van der Waals surface area contributed by atoms with Crippen LogP contribution in [0.1, 0.15) is 25.7 Å². The van der Waals surface area contributed by atoms with E-state index in [0.29, 0.717) is 17.6 Å². The van der Waals surface area contributed by atoms with E-state index in [4.69, 9.17) is 4.74 Å². The topological polar surface area (TPSA) is 26.3 Å². The molecule has 2 heterocycles. The Kier molecular flexibility index (Phi) is 0.947. The Morgan fingerprint density at radius 3 is 3.18 bits per heavy atom. The van der Waals surface area contributed by atoms with Gasteiger partial charge in [-0.15, -0.1) is 0 Å². The van der Waals surface area contributed by atoms with Crippen LogP contribution in [-0.2, 0) is 9.53 Å². The second kappa shape index (κ2) is 1.69. The van der Waals surface area contributed by atoms with Gasteiger partial charge in [-0.2, -0.15) is 0 Å². The van der Waals surface area contributed by atoms with Crippen LogP contribution in [0.5, 0.6) is 0 Å². The monoisotopic (exact) mass is 152 g/mol. The van der Waals surface area contributed by atoms with Gasteiger partial charge >= 0.3 is 0 Å². The fourth-order valence-electron chi connectivity index (χ4n) is 3.14. The molecule has 3 atom stereocenters. The van der Waals surface area contributed by atoms with Gasteiger partial charge in [-0.25, -0.2) is 0 Å². The number of carbonyl (C=O) groups is 1. The average molecular weight is 152 g/mol. The summed E-state index contributed by atoms with van der Waals surface area (Å²) in [5, 5.41) is 0. The van der Waals surface area contributed by atoms with Gasteiger partial charge < -0.3 is 4.74 Å². The first-order valence-electron chi connectivity index (χ1n) is 4.48. The predicted molar refractivity (Wildman–Crippen MR) is 39.1 cm³/mol. The zero-order valence-electron chi connectivity index (χ0n) is 6.51. The molecule has 2 saturated carbocycles. The third kappa shape index (κ3) is 0.560. The van der Waals surface area contributed by atoms with Crippen molar-refractivity contribution in [3.63, 3.8) is 0 Å². The van der Waals surface area contributed by atoms with E-state index in [2.05, 4.69) is 0 Å². The summed E-state index contributed by atoms with van der Waals surface area (Å²) >= 11 is 0. The lowest BCUT2D eigenvalue weighted by Crippen LogP contribution is -2.53. The fraction of sp³-hybridized carbons (Fsp3) is 0.889. The fourth-order valence-corrected chi connectivity index (χ4v) is 3.14. The molecule has 4 rings (SSSR count). The maximum Gasteiger partial charge on any atom is 0.139 e. The summed E-state index contributed by atoms with van der Waals surface area (Å²) in [6, 6.07) is 0. The molecule has 60 valence electrons. The highest BCUT2D eigenvalue weighted by Crippen LogP contribution is 2.58. The van der Waals surface area contributed by atoms with Gasteiger partial charge in [0.2, 0.25) is 0 Å². The summed E-state index contributed by atoms with van der Waals surface area (Å²) < 4.78 is 5.67. The molecule has 2 bridgehead atoms. The number of rotatable bonds is 0. The van der Waals surface area contributed by atoms with Crippen LogP contribution in [0, 0.1) is 11.8 Å². The number of ketones is 1. The molecule has 0 aromatic heterocycles. The van der Waals surface area contributed by atoms with Crippen molar-refractivity contribution in [3.05, 3.63) is 0 Å². The van der Waals surface area contributed by atoms with E-state index in [1.54, 1.807) is 0 Å². The minimum absolute atomic E-state index is 0.0556. The molecular formula is C9H12O2. The van der Waals surface area contributed by atoms with E-state index in [9.17, 15) is 4.79 Å². The largest absolute Gasteiger partial charge is 0.374 e. The summed E-state index contributed by atoms with van der Waals surface area (Å²) in [6.07, 6.45) is 4.18. The van der Waals surface area contributed by atoms with E-state index in [1.165, 1.54) is 6.42 Å². The van der Waals surface area contributed by atoms with E-state index in [-0.39, 0.29) is 5.60 Å². The quantitative estimate of drug-likeness (QED) is 0.520. The molecule has 2 nitrogen and oxygen atoms in total. The molecule has 4 fully saturated rings. The molecule has 11 heavy (non-hydrogen) atoms. The van der Waals surface area contributed by atoms with Gasteiger partial charge in [0.25, 0.3) is 0 Å². The SMILES string of the molecule is O=C1CCC[C@]23C[C@H](CO2)[C@H]13. The lowest BCUT2D eigenvalue weighted by atomic mass is 9.57. The Morgan fingerprint density at radius 2 is 2.45 bits per heavy atom. The molecule has 0 unspecified atom stereocenters. The minimum atomic E-state index is 0.0556. The van der Waals surface area contributed by atoms with Crippen molar-refractivity contribution in [2.75, 3.05) is 6.61 Å². The first-order chi connectivity index (χ1) is 5.32. The Hall–Kier alpha value is -0.370. The van der Waals surface area contributed by atoms with Crippen LogP contribution in [0.4, 0.5) is 0 Å². The van der Waals surface area contributed by atoms with Crippen molar-refractivity contribution in [3.8, 4) is 0 Å². The number of fused-ring (bicyclic) bond motifs is 1. The molecule has 0 amide bonds. The molecule has 2 aliphatic carbocycles. The zero-order chi connectivity index (χ0) is 7.47. The molecule has 0 radical (unpaired) electrons. The molecule has 0 aromatic rings. The van der Waals surface area contributed by atoms with Crippen molar-refractivity contribution in [2.45, 2.75) is 31.3 Å². The van der Waals surface area contributed by atoms with Crippen molar-refractivity contribution in [1.29, 1.82) is 0 Å². The van der Waals surface area contributed by atoms with Gasteiger partial charge in [0.15, 0.2) is 0 Å². The van der Waals surface area contributed by atoms with Crippen LogP contribution in [0.2, 0.25) is 0 Å². The molecule has 2 heteroatoms. The van der Waals surface area contributed by atoms with Crippen LogP contribution in [0.3, 0.4) is 0 Å². The van der Waals surface area contributed by atoms with Crippen molar-refractivity contribution < 1.29 is 9.53 Å². The van der Waals surface area contributed by atoms with Gasteiger partial charge in [0.1, 0.15) is 5.78 Å². The van der Waals surface area contributed by atoms with Crippen LogP contribution < -0.4 is 0 Å². The molecular weight excluding hydrogens is 140 g/mol. The standard InChI is InChI=1S/C9H12O2/c10-7-2-1-3-9-4-6(5-11-9)8(7)9/h6,8H,1-5H2/t6-,8-,9-/m1/s1. The highest BCUT2D eigenvalue weighted by Gasteiger charge is 2.64. The second-order valence-electron chi connectivity index (χ2n) is 4.14. The van der Waals surface area contributed by atoms with Crippen molar-refractivity contribution in [2.24, 2.45) is 11.8 Å². The molecule has 2 saturated heterocycles. The number of Topliss-reactive ketones (excluding diaryl/α,β-unsaturated/α-hetero) is 1. The van der Waals surface area contributed by atoms with Crippen LogP contribution in [-0.4, -0.2) is 18.0 Å². The highest BCUT2D eigenvalue weighted by atomic mass is 16.5. The molecule has 0 aromatic carbocycles. The zero-order valence-corrected chi connectivity index (χ0v) is 6.51. The van der Waals surface area contributed by atoms with Crippen molar-refractivity contribution >= 4 is 5.78 Å². The predicted octanol–water partition coefficient (Wildman–Crippen LogP) is 1.14. The third-order valence-electron chi connectivity index (χ3n) is 3.60. The Bertz CT molecular complexity index is 220. The Labute approximate surface area is 65.9 Å². The maximum absolute atomic E-state index is 11.4. The summed E-state index contributed by atoms with van der Waals surface area (Å²) in [5.41, 5.74) is 0.0556. The summed E-state index contributed by atoms with van der Waals surface area (Å²) in [7, 11) is 0. The van der Waals surface area contributed by atoms with Gasteiger partial charge in [-0.1, -0.05) is 0 Å². The molecule has 4 aliphatic rings. The highest BCUT2D eigenvalue weighted by molar-refractivity contribution is 5.85. The smallest absolute Gasteiger partial charge is 0.139 e. The lowest BCUT2D eigenvalue weighted by Gasteiger charge is -2.47. The Balaban J connectivity index is 1.97.